The highest BCUT2D eigenvalue weighted by Gasteiger charge is 2.15. The van der Waals surface area contributed by atoms with Crippen LogP contribution < -0.4 is 10.2 Å². The molecule has 1 unspecified atom stereocenters. The average molecular weight is 253 g/mol. The lowest BCUT2D eigenvalue weighted by Gasteiger charge is -2.18. The maximum absolute atomic E-state index is 4.59. The van der Waals surface area contributed by atoms with Gasteiger partial charge in [0.15, 0.2) is 5.13 Å². The van der Waals surface area contributed by atoms with Crippen molar-refractivity contribution in [3.8, 4) is 0 Å². The fourth-order valence-corrected chi connectivity index (χ4v) is 3.29. The van der Waals surface area contributed by atoms with Crippen LogP contribution in [0.15, 0.2) is 6.20 Å². The highest BCUT2D eigenvalue weighted by Crippen LogP contribution is 2.28. The van der Waals surface area contributed by atoms with Gasteiger partial charge in [-0.25, -0.2) is 4.98 Å². The van der Waals surface area contributed by atoms with E-state index in [0.29, 0.717) is 6.04 Å². The molecule has 0 radical (unpaired) electrons. The molecule has 4 heteroatoms. The van der Waals surface area contributed by atoms with Crippen LogP contribution in [0.5, 0.6) is 0 Å². The smallest absolute Gasteiger partial charge is 0.185 e. The van der Waals surface area contributed by atoms with Crippen LogP contribution in [-0.4, -0.2) is 24.6 Å². The lowest BCUT2D eigenvalue weighted by atomic mass is 10.2. The zero-order valence-corrected chi connectivity index (χ0v) is 11.7. The van der Waals surface area contributed by atoms with E-state index in [9.17, 15) is 0 Å². The Hall–Kier alpha value is -0.610. The van der Waals surface area contributed by atoms with Gasteiger partial charge in [0.2, 0.25) is 0 Å². The van der Waals surface area contributed by atoms with Crippen molar-refractivity contribution in [2.24, 2.45) is 0 Å². The summed E-state index contributed by atoms with van der Waals surface area (Å²) in [7, 11) is 0. The molecule has 0 saturated carbocycles. The standard InChI is InChI=1S/C13H23N3S/c1-3-14-11(2)12-10-15-13(17-12)16-8-6-4-5-7-9-16/h10-11,14H,3-9H2,1-2H3. The molecular weight excluding hydrogens is 230 g/mol. The van der Waals surface area contributed by atoms with Gasteiger partial charge in [-0.15, -0.1) is 11.3 Å². The molecule has 3 nitrogen and oxygen atoms in total. The SMILES string of the molecule is CCNC(C)c1cnc(N2CCCCCC2)s1. The van der Waals surface area contributed by atoms with Crippen LogP contribution in [0.3, 0.4) is 0 Å². The lowest BCUT2D eigenvalue weighted by molar-refractivity contribution is 0.606. The second-order valence-electron chi connectivity index (χ2n) is 4.73. The Bertz CT molecular complexity index is 329. The highest BCUT2D eigenvalue weighted by atomic mass is 32.1. The molecule has 0 aromatic carbocycles. The van der Waals surface area contributed by atoms with Gasteiger partial charge in [-0.05, 0) is 26.3 Å². The van der Waals surface area contributed by atoms with Crippen LogP contribution in [0.25, 0.3) is 0 Å². The normalized spacial score (nSPS) is 19.1. The quantitative estimate of drug-likeness (QED) is 0.893. The second kappa shape index (κ2) is 6.36. The Morgan fingerprint density at radius 3 is 2.71 bits per heavy atom. The Morgan fingerprint density at radius 1 is 1.35 bits per heavy atom. The van der Waals surface area contributed by atoms with Crippen molar-refractivity contribution in [2.75, 3.05) is 24.5 Å². The first kappa shape index (κ1) is 12.8. The van der Waals surface area contributed by atoms with Gasteiger partial charge < -0.3 is 10.2 Å². The Kier molecular flexibility index (Phi) is 4.80. The van der Waals surface area contributed by atoms with Crippen molar-refractivity contribution in [1.82, 2.24) is 10.3 Å². The van der Waals surface area contributed by atoms with Gasteiger partial charge in [-0.3, -0.25) is 0 Å². The average Bonchev–Trinajstić information content (AvgIpc) is 2.66. The van der Waals surface area contributed by atoms with Crippen molar-refractivity contribution in [3.63, 3.8) is 0 Å². The molecule has 1 aromatic rings. The molecule has 2 heterocycles. The third-order valence-electron chi connectivity index (χ3n) is 3.33. The van der Waals surface area contributed by atoms with Gasteiger partial charge in [0.05, 0.1) is 0 Å². The molecule has 0 bridgehead atoms. The molecule has 1 N–H and O–H groups in total. The fraction of sp³-hybridized carbons (Fsp3) is 0.769. The van der Waals surface area contributed by atoms with E-state index in [1.807, 2.05) is 17.5 Å². The first-order valence-corrected chi connectivity index (χ1v) is 7.57. The van der Waals surface area contributed by atoms with Gasteiger partial charge >= 0.3 is 0 Å². The van der Waals surface area contributed by atoms with Crippen molar-refractivity contribution in [3.05, 3.63) is 11.1 Å². The zero-order chi connectivity index (χ0) is 12.1. The van der Waals surface area contributed by atoms with Crippen molar-refractivity contribution < 1.29 is 0 Å². The topological polar surface area (TPSA) is 28.2 Å². The number of hydrogen-bond donors (Lipinski definition) is 1. The van der Waals surface area contributed by atoms with Crippen molar-refractivity contribution in [2.45, 2.75) is 45.6 Å². The summed E-state index contributed by atoms with van der Waals surface area (Å²) in [4.78, 5) is 8.40. The van der Waals surface area contributed by atoms with E-state index in [0.717, 1.165) is 6.54 Å². The zero-order valence-electron chi connectivity index (χ0n) is 10.9. The van der Waals surface area contributed by atoms with Gasteiger partial charge in [-0.2, -0.15) is 0 Å². The van der Waals surface area contributed by atoms with Crippen LogP contribution in [0.1, 0.15) is 50.4 Å². The third kappa shape index (κ3) is 3.42. The summed E-state index contributed by atoms with van der Waals surface area (Å²) in [6, 6.07) is 0.429. The number of anilines is 1. The van der Waals surface area contributed by atoms with Gasteiger partial charge in [0.1, 0.15) is 0 Å². The summed E-state index contributed by atoms with van der Waals surface area (Å²) >= 11 is 1.85. The minimum atomic E-state index is 0.429. The fourth-order valence-electron chi connectivity index (χ4n) is 2.29. The van der Waals surface area contributed by atoms with Crippen LogP contribution in [0, 0.1) is 0 Å². The Balaban J connectivity index is 2.01. The lowest BCUT2D eigenvalue weighted by Crippen LogP contribution is -2.23. The summed E-state index contributed by atoms with van der Waals surface area (Å²) in [5.74, 6) is 0. The Morgan fingerprint density at radius 2 is 2.06 bits per heavy atom. The predicted octanol–water partition coefficient (Wildman–Crippen LogP) is 3.19. The van der Waals surface area contributed by atoms with Crippen molar-refractivity contribution in [1.29, 1.82) is 0 Å². The summed E-state index contributed by atoms with van der Waals surface area (Å²) < 4.78 is 0. The molecule has 1 fully saturated rings. The van der Waals surface area contributed by atoms with Gasteiger partial charge in [-0.1, -0.05) is 19.8 Å². The number of hydrogen-bond acceptors (Lipinski definition) is 4. The summed E-state index contributed by atoms with van der Waals surface area (Å²) in [6.07, 6.45) is 7.43. The second-order valence-corrected chi connectivity index (χ2v) is 5.77. The predicted molar refractivity (Wildman–Crippen MR) is 74.9 cm³/mol. The molecule has 2 rings (SSSR count). The van der Waals surface area contributed by atoms with Crippen LogP contribution >= 0.6 is 11.3 Å². The Labute approximate surface area is 108 Å². The van der Waals surface area contributed by atoms with E-state index in [2.05, 4.69) is 29.0 Å². The van der Waals surface area contributed by atoms with Crippen LogP contribution in [0.4, 0.5) is 5.13 Å². The van der Waals surface area contributed by atoms with E-state index in [1.54, 1.807) is 0 Å². The minimum absolute atomic E-state index is 0.429. The summed E-state index contributed by atoms with van der Waals surface area (Å²) in [5.41, 5.74) is 0. The van der Waals surface area contributed by atoms with E-state index in [-0.39, 0.29) is 0 Å². The highest BCUT2D eigenvalue weighted by molar-refractivity contribution is 7.15. The van der Waals surface area contributed by atoms with E-state index in [4.69, 9.17) is 0 Å². The number of thiazole rings is 1. The maximum Gasteiger partial charge on any atom is 0.185 e. The molecule has 1 aromatic heterocycles. The van der Waals surface area contributed by atoms with Crippen LogP contribution in [0.2, 0.25) is 0 Å². The minimum Gasteiger partial charge on any atom is -0.348 e. The van der Waals surface area contributed by atoms with E-state index in [1.165, 1.54) is 48.8 Å². The number of rotatable bonds is 4. The maximum atomic E-state index is 4.59. The van der Waals surface area contributed by atoms with Crippen LogP contribution in [-0.2, 0) is 0 Å². The summed E-state index contributed by atoms with van der Waals surface area (Å²) in [5, 5.41) is 4.66. The van der Waals surface area contributed by atoms with E-state index < -0.39 is 0 Å². The first-order valence-electron chi connectivity index (χ1n) is 6.75. The molecule has 1 saturated heterocycles. The van der Waals surface area contributed by atoms with Gasteiger partial charge in [0, 0.05) is 30.2 Å². The number of nitrogens with one attached hydrogen (secondary N) is 1. The molecule has 17 heavy (non-hydrogen) atoms. The molecule has 0 aliphatic carbocycles. The number of aromatic nitrogens is 1. The van der Waals surface area contributed by atoms with Crippen molar-refractivity contribution >= 4 is 16.5 Å². The number of nitrogens with zero attached hydrogens (tertiary/aromatic N) is 2. The molecule has 0 amide bonds. The largest absolute Gasteiger partial charge is 0.348 e. The summed E-state index contributed by atoms with van der Waals surface area (Å²) in [6.45, 7) is 7.74. The molecule has 1 atom stereocenters. The third-order valence-corrected chi connectivity index (χ3v) is 4.57. The van der Waals surface area contributed by atoms with Gasteiger partial charge in [0.25, 0.3) is 0 Å². The molecule has 96 valence electrons. The molecule has 0 spiro atoms. The molecular formula is C13H23N3S. The first-order chi connectivity index (χ1) is 8.31. The monoisotopic (exact) mass is 253 g/mol. The molecule has 1 aliphatic rings. The van der Waals surface area contributed by atoms with E-state index >= 15 is 0 Å². The molecule has 1 aliphatic heterocycles.